The van der Waals surface area contributed by atoms with Crippen molar-refractivity contribution in [3.05, 3.63) is 84.1 Å². The molecular formula is C29H24F4N8O3. The van der Waals surface area contributed by atoms with Gasteiger partial charge in [0.25, 0.3) is 0 Å². The van der Waals surface area contributed by atoms with Gasteiger partial charge in [0.05, 0.1) is 35.1 Å². The van der Waals surface area contributed by atoms with Gasteiger partial charge in [0.15, 0.2) is 0 Å². The minimum Gasteiger partial charge on any atom is -0.475 e. The van der Waals surface area contributed by atoms with E-state index in [0.717, 1.165) is 39.0 Å². The third-order valence-corrected chi connectivity index (χ3v) is 6.65. The Bertz CT molecular complexity index is 1900. The first kappa shape index (κ1) is 29.9. The van der Waals surface area contributed by atoms with E-state index in [1.54, 1.807) is 23.1 Å². The molecule has 5 aromatic rings. The van der Waals surface area contributed by atoms with Crippen LogP contribution < -0.4 is 11.2 Å². The number of carboxylic acids is 1. The van der Waals surface area contributed by atoms with Crippen LogP contribution in [0.1, 0.15) is 24.5 Å². The fourth-order valence-corrected chi connectivity index (χ4v) is 4.54. The fourth-order valence-electron chi connectivity index (χ4n) is 4.54. The molecule has 226 valence electrons. The van der Waals surface area contributed by atoms with E-state index in [2.05, 4.69) is 25.6 Å². The molecule has 0 saturated heterocycles. The summed E-state index contributed by atoms with van der Waals surface area (Å²) in [7, 11) is 0. The molecule has 5 N–H and O–H groups in total. The molecule has 3 aromatic heterocycles. The third kappa shape index (κ3) is 6.72. The number of halogens is 4. The zero-order valence-corrected chi connectivity index (χ0v) is 22.9. The second kappa shape index (κ2) is 11.9. The lowest BCUT2D eigenvalue weighted by Gasteiger charge is -2.18. The van der Waals surface area contributed by atoms with E-state index in [0.29, 0.717) is 30.2 Å². The van der Waals surface area contributed by atoms with E-state index in [4.69, 9.17) is 20.6 Å². The molecule has 1 aliphatic heterocycles. The smallest absolute Gasteiger partial charge is 0.475 e. The number of amides is 1. The maximum atomic E-state index is 13.5. The monoisotopic (exact) mass is 608 g/mol. The van der Waals surface area contributed by atoms with Crippen LogP contribution in [0.15, 0.2) is 72.2 Å². The standard InChI is InChI=1S/C27H23FN8O.C2HF3O2/c1-15-7-24(37)34-35-25(15)17-5-6-22-23(10-17)33-27(32-22)21-9-18(11-30-26(21)29)19-12-31-36(14-19)13-16-3-2-4-20(28)8-16;3-2(4,5)1(6)7/h2-6,8-12,14-15H,7,13H2,1H3,(H2,29,30)(H,32,33)(H,34,37);(H,6,7). The minimum absolute atomic E-state index is 0.0166. The van der Waals surface area contributed by atoms with Gasteiger partial charge in [-0.05, 0) is 35.9 Å². The van der Waals surface area contributed by atoms with Crippen LogP contribution in [-0.4, -0.2) is 53.6 Å². The molecule has 1 amide bonds. The first-order chi connectivity index (χ1) is 20.9. The summed E-state index contributed by atoms with van der Waals surface area (Å²) in [5, 5.41) is 15.8. The molecule has 0 aliphatic carbocycles. The van der Waals surface area contributed by atoms with Gasteiger partial charge in [0, 0.05) is 41.4 Å². The number of nitrogens with one attached hydrogen (secondary N) is 2. The lowest BCUT2D eigenvalue weighted by Crippen LogP contribution is -2.31. The van der Waals surface area contributed by atoms with Crippen LogP contribution in [0.25, 0.3) is 33.5 Å². The molecule has 4 heterocycles. The number of imidazole rings is 1. The number of aromatic nitrogens is 5. The Balaban J connectivity index is 0.000000493. The molecule has 0 saturated carbocycles. The number of pyridine rings is 1. The van der Waals surface area contributed by atoms with Crippen molar-refractivity contribution in [2.45, 2.75) is 26.1 Å². The third-order valence-electron chi connectivity index (χ3n) is 6.65. The first-order valence-corrected chi connectivity index (χ1v) is 13.1. The predicted molar refractivity (Wildman–Crippen MR) is 153 cm³/mol. The van der Waals surface area contributed by atoms with Crippen molar-refractivity contribution in [2.75, 3.05) is 5.73 Å². The lowest BCUT2D eigenvalue weighted by molar-refractivity contribution is -0.192. The van der Waals surface area contributed by atoms with Gasteiger partial charge in [-0.2, -0.15) is 23.4 Å². The van der Waals surface area contributed by atoms with Gasteiger partial charge in [0.1, 0.15) is 17.5 Å². The largest absolute Gasteiger partial charge is 0.490 e. The zero-order chi connectivity index (χ0) is 31.6. The van der Waals surface area contributed by atoms with E-state index in [9.17, 15) is 22.4 Å². The number of benzene rings is 2. The van der Waals surface area contributed by atoms with Gasteiger partial charge in [-0.3, -0.25) is 9.48 Å². The number of anilines is 1. The average Bonchev–Trinajstić information content (AvgIpc) is 3.60. The summed E-state index contributed by atoms with van der Waals surface area (Å²) < 4.78 is 47.0. The lowest BCUT2D eigenvalue weighted by atomic mass is 9.94. The number of nitrogens with zero attached hydrogens (tertiary/aromatic N) is 5. The number of nitrogens with two attached hydrogens (primary N) is 1. The first-order valence-electron chi connectivity index (χ1n) is 13.1. The van der Waals surface area contributed by atoms with Gasteiger partial charge >= 0.3 is 12.1 Å². The number of alkyl halides is 3. The molecule has 1 atom stereocenters. The highest BCUT2D eigenvalue weighted by Crippen LogP contribution is 2.30. The van der Waals surface area contributed by atoms with Crippen molar-refractivity contribution in [1.82, 2.24) is 30.2 Å². The Morgan fingerprint density at radius 1 is 1.11 bits per heavy atom. The molecule has 6 rings (SSSR count). The van der Waals surface area contributed by atoms with Crippen LogP contribution in [0.5, 0.6) is 0 Å². The molecule has 0 bridgehead atoms. The van der Waals surface area contributed by atoms with Crippen molar-refractivity contribution in [3.8, 4) is 22.5 Å². The Morgan fingerprint density at radius 3 is 2.59 bits per heavy atom. The minimum atomic E-state index is -5.08. The van der Waals surface area contributed by atoms with Crippen LogP contribution in [0.2, 0.25) is 0 Å². The summed E-state index contributed by atoms with van der Waals surface area (Å²) in [6, 6.07) is 14.2. The number of hydrogen-bond donors (Lipinski definition) is 4. The van der Waals surface area contributed by atoms with Crippen molar-refractivity contribution >= 4 is 34.4 Å². The highest BCUT2D eigenvalue weighted by atomic mass is 19.4. The number of hydrazone groups is 1. The topological polar surface area (TPSA) is 164 Å². The van der Waals surface area contributed by atoms with Crippen LogP contribution >= 0.6 is 0 Å². The SMILES string of the molecule is CC1CC(=O)NN=C1c1ccc2[nH]c(-c3cc(-c4cnn(Cc5cccc(F)c5)c4)cnc3N)nc2c1.O=C(O)C(F)(F)F. The van der Waals surface area contributed by atoms with E-state index >= 15 is 0 Å². The zero-order valence-electron chi connectivity index (χ0n) is 22.9. The molecule has 11 nitrogen and oxygen atoms in total. The van der Waals surface area contributed by atoms with Crippen molar-refractivity contribution in [1.29, 1.82) is 0 Å². The molecule has 0 radical (unpaired) electrons. The number of H-pyrrole nitrogens is 1. The van der Waals surface area contributed by atoms with E-state index in [1.165, 1.54) is 12.1 Å². The number of carbonyl (C=O) groups excluding carboxylic acids is 1. The summed E-state index contributed by atoms with van der Waals surface area (Å²) in [5.74, 6) is -2.15. The number of aromatic amines is 1. The second-order valence-electron chi connectivity index (χ2n) is 9.97. The average molecular weight is 609 g/mol. The molecule has 1 aliphatic rings. The van der Waals surface area contributed by atoms with Gasteiger partial charge < -0.3 is 15.8 Å². The summed E-state index contributed by atoms with van der Waals surface area (Å²) in [4.78, 5) is 33.0. The van der Waals surface area contributed by atoms with Crippen LogP contribution in [0, 0.1) is 11.7 Å². The maximum Gasteiger partial charge on any atom is 0.490 e. The number of rotatable bonds is 5. The number of nitrogen functional groups attached to an aromatic ring is 1. The molecule has 1 unspecified atom stereocenters. The molecular weight excluding hydrogens is 584 g/mol. The number of carbonyl (C=O) groups is 2. The Morgan fingerprint density at radius 2 is 1.89 bits per heavy atom. The summed E-state index contributed by atoms with van der Waals surface area (Å²) in [6.07, 6.45) is 0.639. The number of fused-ring (bicyclic) bond motifs is 1. The van der Waals surface area contributed by atoms with E-state index in [1.807, 2.05) is 43.5 Å². The highest BCUT2D eigenvalue weighted by molar-refractivity contribution is 6.07. The Labute approximate surface area is 246 Å². The number of hydrogen-bond acceptors (Lipinski definition) is 7. The molecule has 0 spiro atoms. The molecule has 0 fully saturated rings. The van der Waals surface area contributed by atoms with Gasteiger partial charge in [0.2, 0.25) is 5.91 Å². The molecule has 2 aromatic carbocycles. The quantitative estimate of drug-likeness (QED) is 0.209. The maximum absolute atomic E-state index is 13.5. The van der Waals surface area contributed by atoms with Crippen LogP contribution in [0.4, 0.5) is 23.4 Å². The van der Waals surface area contributed by atoms with Crippen molar-refractivity contribution < 1.29 is 32.3 Å². The fraction of sp³-hybridized carbons (Fsp3) is 0.172. The summed E-state index contributed by atoms with van der Waals surface area (Å²) in [6.45, 7) is 2.43. The van der Waals surface area contributed by atoms with Gasteiger partial charge in [-0.15, -0.1) is 0 Å². The van der Waals surface area contributed by atoms with Crippen LogP contribution in [-0.2, 0) is 16.1 Å². The second-order valence-corrected chi connectivity index (χ2v) is 9.97. The van der Waals surface area contributed by atoms with Crippen molar-refractivity contribution in [3.63, 3.8) is 0 Å². The predicted octanol–water partition coefficient (Wildman–Crippen LogP) is 4.75. The van der Waals surface area contributed by atoms with Crippen LogP contribution in [0.3, 0.4) is 0 Å². The number of carboxylic acid groups (broad SMARTS) is 1. The summed E-state index contributed by atoms with van der Waals surface area (Å²) in [5.41, 5.74) is 15.3. The summed E-state index contributed by atoms with van der Waals surface area (Å²) >= 11 is 0. The van der Waals surface area contributed by atoms with Crippen molar-refractivity contribution in [2.24, 2.45) is 11.0 Å². The normalized spacial score (nSPS) is 14.9. The van der Waals surface area contributed by atoms with Gasteiger partial charge in [-0.1, -0.05) is 25.1 Å². The molecule has 44 heavy (non-hydrogen) atoms. The number of aliphatic carboxylic acids is 1. The Hall–Kier alpha value is -5.60. The Kier molecular flexibility index (Phi) is 8.11. The van der Waals surface area contributed by atoms with E-state index in [-0.39, 0.29) is 17.6 Å². The highest BCUT2D eigenvalue weighted by Gasteiger charge is 2.38. The van der Waals surface area contributed by atoms with E-state index < -0.39 is 12.1 Å². The van der Waals surface area contributed by atoms with Gasteiger partial charge in [-0.25, -0.2) is 24.6 Å². The molecule has 15 heteroatoms.